The van der Waals surface area contributed by atoms with Gasteiger partial charge in [0.25, 0.3) is 0 Å². The van der Waals surface area contributed by atoms with Crippen molar-refractivity contribution in [3.8, 4) is 0 Å². The number of rotatable bonds is 5. The first-order valence-corrected chi connectivity index (χ1v) is 4.47. The van der Waals surface area contributed by atoms with Crippen LogP contribution in [0, 0.1) is 0 Å². The van der Waals surface area contributed by atoms with Crippen LogP contribution >= 0.6 is 0 Å². The molecule has 12 heavy (non-hydrogen) atoms. The predicted octanol–water partition coefficient (Wildman–Crippen LogP) is 3.20. The van der Waals surface area contributed by atoms with Crippen molar-refractivity contribution in [3.05, 3.63) is 11.9 Å². The average Bonchev–Trinajstić information content (AvgIpc) is 2.12. The monoisotopic (exact) mass is 166 g/mol. The molecule has 2 heteroatoms. The first-order valence-electron chi connectivity index (χ1n) is 4.47. The van der Waals surface area contributed by atoms with E-state index in [0.717, 1.165) is 25.1 Å². The molecule has 0 spiro atoms. The van der Waals surface area contributed by atoms with Gasteiger partial charge in [0.05, 0.1) is 0 Å². The molecule has 0 aliphatic heterocycles. The summed E-state index contributed by atoms with van der Waals surface area (Å²) in [4.78, 5) is 8.17. The molecule has 0 aromatic heterocycles. The van der Waals surface area contributed by atoms with Crippen molar-refractivity contribution in [1.82, 2.24) is 0 Å². The molecule has 0 aliphatic carbocycles. The summed E-state index contributed by atoms with van der Waals surface area (Å²) in [6, 6.07) is 0. The molecule has 0 aromatic rings. The third kappa shape index (κ3) is 4.06. The summed E-state index contributed by atoms with van der Waals surface area (Å²) in [5.74, 6) is 0.736. The lowest BCUT2D eigenvalue weighted by molar-refractivity contribution is 0.959. The number of allylic oxidation sites excluding steroid dienone is 1. The van der Waals surface area contributed by atoms with Crippen LogP contribution in [0.1, 0.15) is 40.0 Å². The van der Waals surface area contributed by atoms with E-state index in [1.54, 1.807) is 0 Å². The molecule has 0 N–H and O–H groups in total. The summed E-state index contributed by atoms with van der Waals surface area (Å²) in [7, 11) is 0. The minimum Gasteiger partial charge on any atom is -0.245 e. The first kappa shape index (κ1) is 11.1. The molecular weight excluding hydrogens is 148 g/mol. The number of hydrogen-bond acceptors (Lipinski definition) is 2. The summed E-state index contributed by atoms with van der Waals surface area (Å²) >= 11 is 0. The summed E-state index contributed by atoms with van der Waals surface area (Å²) < 4.78 is 0. The Hall–Kier alpha value is -0.920. The van der Waals surface area contributed by atoms with Crippen molar-refractivity contribution in [3.63, 3.8) is 0 Å². The smallest absolute Gasteiger partial charge is 0.146 e. The molecule has 0 rings (SSSR count). The van der Waals surface area contributed by atoms with E-state index in [4.69, 9.17) is 0 Å². The van der Waals surface area contributed by atoms with Gasteiger partial charge in [0.2, 0.25) is 0 Å². The Balaban J connectivity index is 4.34. The van der Waals surface area contributed by atoms with E-state index in [1.165, 1.54) is 5.71 Å². The first-order chi connectivity index (χ1) is 5.78. The summed E-state index contributed by atoms with van der Waals surface area (Å²) in [5, 5.41) is 0. The molecule has 2 nitrogen and oxygen atoms in total. The minimum atomic E-state index is 0.736. The molecule has 0 atom stereocenters. The van der Waals surface area contributed by atoms with E-state index in [-0.39, 0.29) is 0 Å². The van der Waals surface area contributed by atoms with Gasteiger partial charge in [-0.15, -0.1) is 0 Å². The molecule has 0 bridgehead atoms. The molecular formula is C10H18N2. The lowest BCUT2D eigenvalue weighted by Gasteiger charge is -2.00. The number of hydrogen-bond donors (Lipinski definition) is 0. The maximum atomic E-state index is 4.37. The van der Waals surface area contributed by atoms with Crippen molar-refractivity contribution >= 4 is 12.4 Å². The minimum absolute atomic E-state index is 0.736. The highest BCUT2D eigenvalue weighted by molar-refractivity contribution is 5.85. The SMILES string of the molecule is C=NC(=CC)N=C(CC)CCC. The highest BCUT2D eigenvalue weighted by Gasteiger charge is 1.94. The van der Waals surface area contributed by atoms with Crippen LogP contribution in [-0.4, -0.2) is 12.4 Å². The van der Waals surface area contributed by atoms with E-state index in [1.807, 2.05) is 13.0 Å². The van der Waals surface area contributed by atoms with E-state index in [0.29, 0.717) is 0 Å². The fraction of sp³-hybridized carbons (Fsp3) is 0.600. The van der Waals surface area contributed by atoms with Crippen LogP contribution < -0.4 is 0 Å². The van der Waals surface area contributed by atoms with Crippen molar-refractivity contribution in [1.29, 1.82) is 0 Å². The predicted molar refractivity (Wildman–Crippen MR) is 55.9 cm³/mol. The van der Waals surface area contributed by atoms with E-state index >= 15 is 0 Å². The van der Waals surface area contributed by atoms with Crippen molar-refractivity contribution in [2.24, 2.45) is 9.98 Å². The molecule has 0 aromatic carbocycles. The maximum Gasteiger partial charge on any atom is 0.146 e. The second-order valence-corrected chi connectivity index (χ2v) is 2.59. The Labute approximate surface area is 75.1 Å². The third-order valence-corrected chi connectivity index (χ3v) is 1.64. The summed E-state index contributed by atoms with van der Waals surface area (Å²) in [5.41, 5.74) is 1.21. The van der Waals surface area contributed by atoms with Crippen LogP contribution in [-0.2, 0) is 0 Å². The molecule has 68 valence electrons. The Kier molecular flexibility index (Phi) is 6.25. The van der Waals surface area contributed by atoms with Crippen LogP contribution in [0.2, 0.25) is 0 Å². The van der Waals surface area contributed by atoms with Gasteiger partial charge < -0.3 is 0 Å². The van der Waals surface area contributed by atoms with Crippen LogP contribution in [0.4, 0.5) is 0 Å². The standard InChI is InChI=1S/C10H18N2/c1-5-8-9(6-2)12-10(7-3)11-4/h7H,4-6,8H2,1-3H3. The molecule has 0 radical (unpaired) electrons. The molecule has 0 heterocycles. The van der Waals surface area contributed by atoms with Crippen LogP contribution in [0.3, 0.4) is 0 Å². The fourth-order valence-corrected chi connectivity index (χ4v) is 0.954. The average molecular weight is 166 g/mol. The van der Waals surface area contributed by atoms with Crippen LogP contribution in [0.15, 0.2) is 21.9 Å². The van der Waals surface area contributed by atoms with Crippen molar-refractivity contribution < 1.29 is 0 Å². The van der Waals surface area contributed by atoms with Gasteiger partial charge in [-0.2, -0.15) is 0 Å². The van der Waals surface area contributed by atoms with E-state index in [2.05, 4.69) is 30.5 Å². The van der Waals surface area contributed by atoms with Gasteiger partial charge in [0.1, 0.15) is 5.82 Å². The highest BCUT2D eigenvalue weighted by atomic mass is 14.9. The zero-order valence-corrected chi connectivity index (χ0v) is 8.30. The van der Waals surface area contributed by atoms with Gasteiger partial charge >= 0.3 is 0 Å². The van der Waals surface area contributed by atoms with Gasteiger partial charge in [-0.25, -0.2) is 9.98 Å². The van der Waals surface area contributed by atoms with Gasteiger partial charge in [-0.1, -0.05) is 20.3 Å². The molecule has 0 aliphatic rings. The summed E-state index contributed by atoms with van der Waals surface area (Å²) in [6.45, 7) is 9.65. The van der Waals surface area contributed by atoms with E-state index in [9.17, 15) is 0 Å². The topological polar surface area (TPSA) is 24.7 Å². The third-order valence-electron chi connectivity index (χ3n) is 1.64. The largest absolute Gasteiger partial charge is 0.245 e. The summed E-state index contributed by atoms with van der Waals surface area (Å²) in [6.07, 6.45) is 5.07. The van der Waals surface area contributed by atoms with Gasteiger partial charge in [-0.3, -0.25) is 0 Å². The van der Waals surface area contributed by atoms with Gasteiger partial charge in [0.15, 0.2) is 0 Å². The molecule has 0 fully saturated rings. The highest BCUT2D eigenvalue weighted by Crippen LogP contribution is 2.04. The Morgan fingerprint density at radius 2 is 2.08 bits per heavy atom. The zero-order valence-electron chi connectivity index (χ0n) is 8.30. The number of nitrogens with zero attached hydrogens (tertiary/aromatic N) is 2. The number of aliphatic imine (C=N–C) groups is 2. The molecule has 0 saturated heterocycles. The maximum absolute atomic E-state index is 4.37. The Bertz CT molecular complexity index is 190. The Morgan fingerprint density at radius 1 is 1.42 bits per heavy atom. The molecule has 0 amide bonds. The lowest BCUT2D eigenvalue weighted by Crippen LogP contribution is -1.95. The van der Waals surface area contributed by atoms with E-state index < -0.39 is 0 Å². The van der Waals surface area contributed by atoms with Crippen LogP contribution in [0.5, 0.6) is 0 Å². The van der Waals surface area contributed by atoms with Crippen molar-refractivity contribution in [2.45, 2.75) is 40.0 Å². The van der Waals surface area contributed by atoms with Gasteiger partial charge in [-0.05, 0) is 32.6 Å². The Morgan fingerprint density at radius 3 is 2.42 bits per heavy atom. The van der Waals surface area contributed by atoms with Gasteiger partial charge in [0, 0.05) is 5.71 Å². The second kappa shape index (κ2) is 6.77. The second-order valence-electron chi connectivity index (χ2n) is 2.59. The molecule has 0 unspecified atom stereocenters. The zero-order chi connectivity index (χ0) is 9.40. The van der Waals surface area contributed by atoms with Crippen LogP contribution in [0.25, 0.3) is 0 Å². The molecule has 0 saturated carbocycles. The normalized spacial score (nSPS) is 13.2. The quantitative estimate of drug-likeness (QED) is 0.560. The van der Waals surface area contributed by atoms with Crippen molar-refractivity contribution in [2.75, 3.05) is 0 Å². The fourth-order valence-electron chi connectivity index (χ4n) is 0.954. The lowest BCUT2D eigenvalue weighted by atomic mass is 10.2.